The number of aliphatic imine (C=N–C) groups is 1. The Hall–Kier alpha value is -2.57. The molecule has 0 N–H and O–H groups in total. The topological polar surface area (TPSA) is 52.3 Å². The maximum atomic E-state index is 5.93. The van der Waals surface area contributed by atoms with Crippen molar-refractivity contribution in [2.45, 2.75) is 45.9 Å². The van der Waals surface area contributed by atoms with E-state index in [1.807, 2.05) is 36.0 Å². The first-order chi connectivity index (χ1) is 13.9. The third-order valence-electron chi connectivity index (χ3n) is 5.06. The molecule has 0 bridgehead atoms. The van der Waals surface area contributed by atoms with Gasteiger partial charge in [0.25, 0.3) is 0 Å². The van der Waals surface area contributed by atoms with Crippen LogP contribution in [0, 0.1) is 6.92 Å². The molecule has 0 saturated heterocycles. The number of benzene rings is 1. The number of hydrogen-bond donors (Lipinski definition) is 0. The Morgan fingerprint density at radius 2 is 2.00 bits per heavy atom. The summed E-state index contributed by atoms with van der Waals surface area (Å²) in [5, 5.41) is 4.83. The van der Waals surface area contributed by atoms with Crippen LogP contribution >= 0.6 is 0 Å². The second-order valence-corrected chi connectivity index (χ2v) is 14.4. The molecule has 29 heavy (non-hydrogen) atoms. The Bertz CT molecular complexity index is 1050. The van der Waals surface area contributed by atoms with Crippen LogP contribution < -0.4 is 0 Å². The predicted octanol–water partition coefficient (Wildman–Crippen LogP) is 5.17. The van der Waals surface area contributed by atoms with Crippen molar-refractivity contribution in [3.8, 4) is 22.5 Å². The lowest BCUT2D eigenvalue weighted by molar-refractivity contribution is 0.0787. The monoisotopic (exact) mass is 404 g/mol. The van der Waals surface area contributed by atoms with E-state index < -0.39 is 8.07 Å². The Labute approximate surface area is 173 Å². The molecule has 0 amide bonds. The van der Waals surface area contributed by atoms with Gasteiger partial charge in [0.15, 0.2) is 0 Å². The van der Waals surface area contributed by atoms with Gasteiger partial charge in [-0.3, -0.25) is 9.98 Å². The van der Waals surface area contributed by atoms with Crippen LogP contribution in [-0.2, 0) is 18.0 Å². The van der Waals surface area contributed by atoms with E-state index in [0.29, 0.717) is 6.73 Å². The first-order valence-corrected chi connectivity index (χ1v) is 13.8. The van der Waals surface area contributed by atoms with E-state index in [-0.39, 0.29) is 0 Å². The fraction of sp³-hybridized carbons (Fsp3) is 0.348. The van der Waals surface area contributed by atoms with E-state index in [1.54, 1.807) is 0 Å². The Morgan fingerprint density at radius 1 is 1.14 bits per heavy atom. The summed E-state index contributed by atoms with van der Waals surface area (Å²) in [6, 6.07) is 13.7. The minimum absolute atomic E-state index is 0.454. The Kier molecular flexibility index (Phi) is 5.47. The molecule has 0 spiro atoms. The van der Waals surface area contributed by atoms with Gasteiger partial charge in [-0.05, 0) is 47.9 Å². The molecule has 4 rings (SSSR count). The van der Waals surface area contributed by atoms with Crippen molar-refractivity contribution in [1.82, 2.24) is 14.8 Å². The van der Waals surface area contributed by atoms with Crippen LogP contribution in [0.4, 0.5) is 0 Å². The van der Waals surface area contributed by atoms with Crippen molar-refractivity contribution in [1.29, 1.82) is 0 Å². The number of aromatic nitrogens is 3. The fourth-order valence-corrected chi connectivity index (χ4v) is 4.12. The van der Waals surface area contributed by atoms with E-state index in [1.165, 1.54) is 11.1 Å². The zero-order valence-electron chi connectivity index (χ0n) is 17.6. The van der Waals surface area contributed by atoms with Crippen LogP contribution in [0.2, 0.25) is 25.7 Å². The predicted molar refractivity (Wildman–Crippen MR) is 121 cm³/mol. The lowest BCUT2D eigenvalue weighted by Gasteiger charge is -2.15. The Morgan fingerprint density at radius 3 is 2.79 bits per heavy atom. The number of ether oxygens (including phenoxy) is 1. The highest BCUT2D eigenvalue weighted by Crippen LogP contribution is 2.32. The van der Waals surface area contributed by atoms with Crippen LogP contribution in [-0.4, -0.2) is 35.7 Å². The second-order valence-electron chi connectivity index (χ2n) is 8.83. The quantitative estimate of drug-likeness (QED) is 0.403. The highest BCUT2D eigenvalue weighted by molar-refractivity contribution is 6.76. The fourth-order valence-electron chi connectivity index (χ4n) is 3.37. The van der Waals surface area contributed by atoms with Crippen LogP contribution in [0.25, 0.3) is 22.5 Å². The van der Waals surface area contributed by atoms with Gasteiger partial charge in [0, 0.05) is 38.3 Å². The molecule has 6 heteroatoms. The standard InChI is InChI=1S/C23H28N4OSi/c1-17-6-5-7-22(25-17)23-21(18-8-9-19-13-24-14-20(19)12-18)15-27(26-23)16-28-10-11-29(2,3)4/h5-9,12,14-15H,10-11,13,16H2,1-4H3. The van der Waals surface area contributed by atoms with Crippen molar-refractivity contribution < 1.29 is 4.74 Å². The van der Waals surface area contributed by atoms with Crippen LogP contribution in [0.1, 0.15) is 16.8 Å². The normalized spacial score (nSPS) is 13.1. The van der Waals surface area contributed by atoms with Gasteiger partial charge in [-0.2, -0.15) is 5.10 Å². The number of pyridine rings is 1. The molecular formula is C23H28N4OSi. The summed E-state index contributed by atoms with van der Waals surface area (Å²) >= 11 is 0. The van der Waals surface area contributed by atoms with E-state index in [0.717, 1.165) is 47.4 Å². The van der Waals surface area contributed by atoms with Gasteiger partial charge in [-0.25, -0.2) is 4.68 Å². The maximum Gasteiger partial charge on any atom is 0.139 e. The van der Waals surface area contributed by atoms with E-state index in [4.69, 9.17) is 14.8 Å². The summed E-state index contributed by atoms with van der Waals surface area (Å²) in [5.41, 5.74) is 7.41. The number of nitrogens with zero attached hydrogens (tertiary/aromatic N) is 4. The molecule has 3 heterocycles. The number of rotatable bonds is 7. The van der Waals surface area contributed by atoms with Gasteiger partial charge in [0.05, 0.1) is 12.2 Å². The van der Waals surface area contributed by atoms with E-state index in [2.05, 4.69) is 49.0 Å². The lowest BCUT2D eigenvalue weighted by atomic mass is 10.00. The van der Waals surface area contributed by atoms with Crippen LogP contribution in [0.15, 0.2) is 47.6 Å². The molecule has 0 saturated carbocycles. The maximum absolute atomic E-state index is 5.93. The zero-order chi connectivity index (χ0) is 20.4. The summed E-state index contributed by atoms with van der Waals surface area (Å²) in [6.07, 6.45) is 4.02. The van der Waals surface area contributed by atoms with E-state index in [9.17, 15) is 0 Å². The SMILES string of the molecule is Cc1cccc(-c2nn(COCC[Si](C)(C)C)cc2-c2ccc3c(c2)C=NC3)n1. The molecular weight excluding hydrogens is 376 g/mol. The van der Waals surface area contributed by atoms with E-state index >= 15 is 0 Å². The van der Waals surface area contributed by atoms with Gasteiger partial charge in [-0.15, -0.1) is 0 Å². The average Bonchev–Trinajstić information content (AvgIpc) is 3.31. The molecule has 3 aromatic rings. The Balaban J connectivity index is 1.65. The summed E-state index contributed by atoms with van der Waals surface area (Å²) in [4.78, 5) is 9.08. The van der Waals surface area contributed by atoms with Gasteiger partial charge in [-0.1, -0.05) is 37.8 Å². The largest absolute Gasteiger partial charge is 0.360 e. The summed E-state index contributed by atoms with van der Waals surface area (Å²) in [5.74, 6) is 0. The number of fused-ring (bicyclic) bond motifs is 1. The minimum atomic E-state index is -1.10. The van der Waals surface area contributed by atoms with Crippen LogP contribution in [0.5, 0.6) is 0 Å². The lowest BCUT2D eigenvalue weighted by Crippen LogP contribution is -2.22. The highest BCUT2D eigenvalue weighted by atomic mass is 28.3. The highest BCUT2D eigenvalue weighted by Gasteiger charge is 2.17. The molecule has 5 nitrogen and oxygen atoms in total. The molecule has 1 aliphatic heterocycles. The summed E-state index contributed by atoms with van der Waals surface area (Å²) in [7, 11) is -1.10. The van der Waals surface area contributed by atoms with Gasteiger partial charge < -0.3 is 4.74 Å². The molecule has 0 radical (unpaired) electrons. The van der Waals surface area contributed by atoms with Crippen molar-refractivity contribution >= 4 is 14.3 Å². The molecule has 150 valence electrons. The molecule has 0 fully saturated rings. The van der Waals surface area contributed by atoms with Crippen LogP contribution in [0.3, 0.4) is 0 Å². The van der Waals surface area contributed by atoms with Crippen molar-refractivity contribution in [3.05, 3.63) is 59.4 Å². The molecule has 2 aromatic heterocycles. The zero-order valence-corrected chi connectivity index (χ0v) is 18.6. The third kappa shape index (κ3) is 4.71. The average molecular weight is 405 g/mol. The number of hydrogen-bond acceptors (Lipinski definition) is 4. The molecule has 1 aromatic carbocycles. The van der Waals surface area contributed by atoms with Gasteiger partial charge in [0.2, 0.25) is 0 Å². The summed E-state index contributed by atoms with van der Waals surface area (Å²) in [6.45, 7) is 11.1. The molecule has 1 aliphatic rings. The van der Waals surface area contributed by atoms with Crippen molar-refractivity contribution in [3.63, 3.8) is 0 Å². The van der Waals surface area contributed by atoms with Crippen molar-refractivity contribution in [2.24, 2.45) is 4.99 Å². The van der Waals surface area contributed by atoms with Crippen molar-refractivity contribution in [2.75, 3.05) is 6.61 Å². The minimum Gasteiger partial charge on any atom is -0.360 e. The molecule has 0 aliphatic carbocycles. The third-order valence-corrected chi connectivity index (χ3v) is 6.77. The van der Waals surface area contributed by atoms with Gasteiger partial charge in [0.1, 0.15) is 12.4 Å². The molecule has 0 unspecified atom stereocenters. The first kappa shape index (κ1) is 19.7. The number of aryl methyl sites for hydroxylation is 1. The summed E-state index contributed by atoms with van der Waals surface area (Å²) < 4.78 is 7.82. The smallest absolute Gasteiger partial charge is 0.139 e. The molecule has 0 atom stereocenters. The first-order valence-electron chi connectivity index (χ1n) is 10.1. The van der Waals surface area contributed by atoms with Gasteiger partial charge >= 0.3 is 0 Å². The second kappa shape index (κ2) is 8.04.